The molecule has 2 N–H and O–H groups in total. The van der Waals surface area contributed by atoms with Crippen molar-refractivity contribution < 1.29 is 9.90 Å². The number of β-amino-alcohol motifs (C(OH)–C–C–N with tert-alkyl or cyclic N) is 1. The van der Waals surface area contributed by atoms with Crippen LogP contribution in [0.1, 0.15) is 19.8 Å². The van der Waals surface area contributed by atoms with E-state index in [4.69, 9.17) is 0 Å². The Balaban J connectivity index is 2.69. The van der Waals surface area contributed by atoms with Crippen molar-refractivity contribution in [2.45, 2.75) is 25.4 Å². The van der Waals surface area contributed by atoms with Gasteiger partial charge in [-0.3, -0.25) is 4.79 Å². The Kier molecular flexibility index (Phi) is 2.65. The molecule has 12 heavy (non-hydrogen) atoms. The summed E-state index contributed by atoms with van der Waals surface area (Å²) in [5.41, 5.74) is -0.759. The van der Waals surface area contributed by atoms with E-state index < -0.39 is 5.60 Å². The monoisotopic (exact) mass is 169 g/mol. The predicted octanol–water partition coefficient (Wildman–Crippen LogP) is 0.246. The number of nitrogens with one attached hydrogen (secondary N) is 1. The summed E-state index contributed by atoms with van der Waals surface area (Å²) in [6.45, 7) is 6.41. The van der Waals surface area contributed by atoms with E-state index in [1.807, 2.05) is 0 Å². The molecule has 0 aromatic heterocycles. The topological polar surface area (TPSA) is 49.3 Å². The first-order valence-corrected chi connectivity index (χ1v) is 4.20. The third-order valence-electron chi connectivity index (χ3n) is 2.17. The van der Waals surface area contributed by atoms with Crippen LogP contribution in [0.4, 0.5) is 0 Å². The van der Waals surface area contributed by atoms with Gasteiger partial charge in [0.25, 0.3) is 0 Å². The predicted molar refractivity (Wildman–Crippen MR) is 46.9 cm³/mol. The number of hydrogen-bond acceptors (Lipinski definition) is 3. The summed E-state index contributed by atoms with van der Waals surface area (Å²) in [5.74, 6) is -0.227. The second-order valence-electron chi connectivity index (χ2n) is 3.42. The molecule has 1 rings (SSSR count). The van der Waals surface area contributed by atoms with Crippen LogP contribution in [0.15, 0.2) is 12.2 Å². The smallest absolute Gasteiger partial charge is 0.190 e. The van der Waals surface area contributed by atoms with Gasteiger partial charge in [0.2, 0.25) is 0 Å². The van der Waals surface area contributed by atoms with E-state index in [9.17, 15) is 9.90 Å². The summed E-state index contributed by atoms with van der Waals surface area (Å²) in [6.07, 6.45) is 1.39. The highest BCUT2D eigenvalue weighted by Gasteiger charge is 2.36. The Morgan fingerprint density at radius 3 is 2.75 bits per heavy atom. The van der Waals surface area contributed by atoms with Crippen LogP contribution in [-0.2, 0) is 4.79 Å². The van der Waals surface area contributed by atoms with Crippen molar-refractivity contribution in [3.8, 4) is 0 Å². The average molecular weight is 169 g/mol. The van der Waals surface area contributed by atoms with Crippen LogP contribution in [0.25, 0.3) is 0 Å². The summed E-state index contributed by atoms with van der Waals surface area (Å²) >= 11 is 0. The number of hydrogen-bond donors (Lipinski definition) is 2. The zero-order valence-corrected chi connectivity index (χ0v) is 7.39. The molecule has 0 aromatic rings. The lowest BCUT2D eigenvalue weighted by Crippen LogP contribution is -2.51. The zero-order chi connectivity index (χ0) is 9.19. The van der Waals surface area contributed by atoms with Gasteiger partial charge < -0.3 is 10.4 Å². The maximum Gasteiger partial charge on any atom is 0.190 e. The van der Waals surface area contributed by atoms with Gasteiger partial charge in [0.05, 0.1) is 0 Å². The van der Waals surface area contributed by atoms with Crippen molar-refractivity contribution in [1.29, 1.82) is 0 Å². The Morgan fingerprint density at radius 2 is 2.33 bits per heavy atom. The van der Waals surface area contributed by atoms with Crippen LogP contribution in [0.2, 0.25) is 0 Å². The first kappa shape index (κ1) is 9.42. The van der Waals surface area contributed by atoms with Crippen LogP contribution >= 0.6 is 0 Å². The Labute approximate surface area is 72.5 Å². The SMILES string of the molecule is C=C(C)C(=O)C1(O)CCCNC1. The minimum absolute atomic E-state index is 0.227. The molecule has 0 saturated carbocycles. The molecule has 1 heterocycles. The van der Waals surface area contributed by atoms with Gasteiger partial charge in [-0.1, -0.05) is 6.58 Å². The van der Waals surface area contributed by atoms with Gasteiger partial charge in [-0.25, -0.2) is 0 Å². The summed E-state index contributed by atoms with van der Waals surface area (Å²) in [6, 6.07) is 0. The lowest BCUT2D eigenvalue weighted by atomic mass is 9.87. The Bertz CT molecular complexity index is 205. The van der Waals surface area contributed by atoms with Crippen molar-refractivity contribution >= 4 is 5.78 Å². The first-order valence-electron chi connectivity index (χ1n) is 4.20. The summed E-state index contributed by atoms with van der Waals surface area (Å²) in [4.78, 5) is 11.4. The third kappa shape index (κ3) is 1.73. The molecule has 0 bridgehead atoms. The van der Waals surface area contributed by atoms with Gasteiger partial charge in [-0.05, 0) is 31.9 Å². The van der Waals surface area contributed by atoms with E-state index in [1.54, 1.807) is 6.92 Å². The number of aliphatic hydroxyl groups is 1. The molecule has 3 nitrogen and oxygen atoms in total. The molecule has 1 atom stereocenters. The molecular weight excluding hydrogens is 154 g/mol. The summed E-state index contributed by atoms with van der Waals surface area (Å²) in [5, 5.41) is 12.8. The largest absolute Gasteiger partial charge is 0.380 e. The lowest BCUT2D eigenvalue weighted by Gasteiger charge is -2.31. The van der Waals surface area contributed by atoms with Crippen LogP contribution in [0.5, 0.6) is 0 Å². The molecule has 0 spiro atoms. The van der Waals surface area contributed by atoms with E-state index in [0.717, 1.165) is 13.0 Å². The number of ketones is 1. The van der Waals surface area contributed by atoms with Crippen LogP contribution in [0, 0.1) is 0 Å². The zero-order valence-electron chi connectivity index (χ0n) is 7.39. The van der Waals surface area contributed by atoms with Crippen LogP contribution in [0.3, 0.4) is 0 Å². The van der Waals surface area contributed by atoms with Crippen molar-refractivity contribution in [3.05, 3.63) is 12.2 Å². The van der Waals surface area contributed by atoms with Gasteiger partial charge in [0, 0.05) is 6.54 Å². The highest BCUT2D eigenvalue weighted by atomic mass is 16.3. The highest BCUT2D eigenvalue weighted by Crippen LogP contribution is 2.19. The fourth-order valence-electron chi connectivity index (χ4n) is 1.48. The average Bonchev–Trinajstić information content (AvgIpc) is 2.04. The molecule has 0 aliphatic carbocycles. The number of Topliss-reactive ketones (excluding diaryl/α,β-unsaturated/α-hetero) is 1. The summed E-state index contributed by atoms with van der Waals surface area (Å²) < 4.78 is 0. The maximum atomic E-state index is 11.4. The minimum atomic E-state index is -1.19. The standard InChI is InChI=1S/C9H15NO2/c1-7(2)8(11)9(12)4-3-5-10-6-9/h10,12H,1,3-6H2,2H3. The quantitative estimate of drug-likeness (QED) is 0.582. The molecule has 0 amide bonds. The molecule has 1 aliphatic heterocycles. The maximum absolute atomic E-state index is 11.4. The molecule has 0 aromatic carbocycles. The molecule has 68 valence electrons. The van der Waals surface area contributed by atoms with Gasteiger partial charge in [0.1, 0.15) is 5.60 Å². The normalized spacial score (nSPS) is 29.8. The number of piperidine rings is 1. The first-order chi connectivity index (χ1) is 5.56. The number of carbonyl (C=O) groups is 1. The minimum Gasteiger partial charge on any atom is -0.380 e. The molecule has 1 saturated heterocycles. The van der Waals surface area contributed by atoms with Gasteiger partial charge in [-0.2, -0.15) is 0 Å². The molecule has 1 aliphatic rings. The molecule has 0 radical (unpaired) electrons. The van der Waals surface area contributed by atoms with E-state index in [-0.39, 0.29) is 5.78 Å². The molecule has 1 unspecified atom stereocenters. The highest BCUT2D eigenvalue weighted by molar-refractivity contribution is 6.00. The second-order valence-corrected chi connectivity index (χ2v) is 3.42. The third-order valence-corrected chi connectivity index (χ3v) is 2.17. The van der Waals surface area contributed by atoms with Crippen LogP contribution < -0.4 is 5.32 Å². The van der Waals surface area contributed by atoms with E-state index in [0.29, 0.717) is 18.5 Å². The molecular formula is C9H15NO2. The number of carbonyl (C=O) groups excluding carboxylic acids is 1. The second kappa shape index (κ2) is 3.37. The Morgan fingerprint density at radius 1 is 1.67 bits per heavy atom. The van der Waals surface area contributed by atoms with Gasteiger partial charge in [-0.15, -0.1) is 0 Å². The number of rotatable bonds is 2. The van der Waals surface area contributed by atoms with Gasteiger partial charge in [0.15, 0.2) is 5.78 Å². The van der Waals surface area contributed by atoms with E-state index >= 15 is 0 Å². The van der Waals surface area contributed by atoms with Crippen molar-refractivity contribution in [2.24, 2.45) is 0 Å². The van der Waals surface area contributed by atoms with E-state index in [2.05, 4.69) is 11.9 Å². The fraction of sp³-hybridized carbons (Fsp3) is 0.667. The van der Waals surface area contributed by atoms with E-state index in [1.165, 1.54) is 0 Å². The molecule has 1 fully saturated rings. The molecule has 3 heteroatoms. The summed E-state index contributed by atoms with van der Waals surface area (Å²) in [7, 11) is 0. The van der Waals surface area contributed by atoms with Gasteiger partial charge >= 0.3 is 0 Å². The van der Waals surface area contributed by atoms with Crippen LogP contribution in [-0.4, -0.2) is 29.6 Å². The van der Waals surface area contributed by atoms with Crippen molar-refractivity contribution in [1.82, 2.24) is 5.32 Å². The fourth-order valence-corrected chi connectivity index (χ4v) is 1.48. The Hall–Kier alpha value is -0.670. The van der Waals surface area contributed by atoms with Crippen molar-refractivity contribution in [3.63, 3.8) is 0 Å². The lowest BCUT2D eigenvalue weighted by molar-refractivity contribution is -0.134. The van der Waals surface area contributed by atoms with Crippen molar-refractivity contribution in [2.75, 3.05) is 13.1 Å².